The van der Waals surface area contributed by atoms with Crippen LogP contribution in [0.25, 0.3) is 0 Å². The molecule has 5 nitrogen and oxygen atoms in total. The van der Waals surface area contributed by atoms with E-state index in [2.05, 4.69) is 10.6 Å². The fourth-order valence-corrected chi connectivity index (χ4v) is 2.72. The molecule has 0 saturated carbocycles. The van der Waals surface area contributed by atoms with E-state index in [1.165, 1.54) is 0 Å². The average molecular weight is 253 g/mol. The summed E-state index contributed by atoms with van der Waals surface area (Å²) in [7, 11) is 0. The van der Waals surface area contributed by atoms with E-state index >= 15 is 0 Å². The second kappa shape index (κ2) is 6.18. The molecule has 2 amide bonds. The molecule has 2 N–H and O–H groups in total. The molecule has 1 unspecified atom stereocenters. The van der Waals surface area contributed by atoms with Crippen LogP contribution in [0.1, 0.15) is 32.6 Å². The molecular weight excluding hydrogens is 230 g/mol. The minimum Gasteiger partial charge on any atom is -0.352 e. The smallest absolute Gasteiger partial charge is 0.223 e. The van der Waals surface area contributed by atoms with Gasteiger partial charge in [0.1, 0.15) is 0 Å². The molecule has 2 saturated heterocycles. The normalized spacial score (nSPS) is 23.2. The van der Waals surface area contributed by atoms with Crippen LogP contribution in [0.5, 0.6) is 0 Å². The predicted molar refractivity (Wildman–Crippen MR) is 69.0 cm³/mol. The van der Waals surface area contributed by atoms with Gasteiger partial charge in [-0.25, -0.2) is 0 Å². The Balaban J connectivity index is 1.74. The summed E-state index contributed by atoms with van der Waals surface area (Å²) in [6.07, 6.45) is 3.45. The lowest BCUT2D eigenvalue weighted by Crippen LogP contribution is -2.46. The molecule has 2 heterocycles. The number of nitrogens with zero attached hydrogens (tertiary/aromatic N) is 1. The number of amides is 2. The minimum atomic E-state index is 0.0504. The molecule has 0 aromatic rings. The molecule has 0 aromatic heterocycles. The largest absolute Gasteiger partial charge is 0.352 e. The van der Waals surface area contributed by atoms with E-state index in [4.69, 9.17) is 0 Å². The third-order valence-electron chi connectivity index (χ3n) is 3.76. The van der Waals surface area contributed by atoms with E-state index < -0.39 is 0 Å². The molecule has 0 radical (unpaired) electrons. The van der Waals surface area contributed by atoms with Crippen molar-refractivity contribution in [1.82, 2.24) is 15.5 Å². The standard InChI is InChI=1S/C13H23N3O2/c1-10(9-16-8-2-3-12(16)17)15-13(18)11-4-6-14-7-5-11/h10-11,14H,2-9H2,1H3,(H,15,18). The summed E-state index contributed by atoms with van der Waals surface area (Å²) in [6, 6.07) is 0.0504. The van der Waals surface area contributed by atoms with Crippen molar-refractivity contribution >= 4 is 11.8 Å². The number of rotatable bonds is 4. The summed E-state index contributed by atoms with van der Waals surface area (Å²) in [4.78, 5) is 25.4. The highest BCUT2D eigenvalue weighted by molar-refractivity contribution is 5.80. The zero-order valence-corrected chi connectivity index (χ0v) is 11.1. The molecule has 0 aliphatic carbocycles. The van der Waals surface area contributed by atoms with Crippen LogP contribution in [0, 0.1) is 5.92 Å². The average Bonchev–Trinajstić information content (AvgIpc) is 2.76. The summed E-state index contributed by atoms with van der Waals surface area (Å²) in [6.45, 7) is 5.32. The highest BCUT2D eigenvalue weighted by Gasteiger charge is 2.25. The third-order valence-corrected chi connectivity index (χ3v) is 3.76. The van der Waals surface area contributed by atoms with Crippen molar-refractivity contribution in [2.24, 2.45) is 5.92 Å². The highest BCUT2D eigenvalue weighted by Crippen LogP contribution is 2.13. The Morgan fingerprint density at radius 1 is 1.50 bits per heavy atom. The molecule has 0 spiro atoms. The Hall–Kier alpha value is -1.10. The van der Waals surface area contributed by atoms with Crippen LogP contribution < -0.4 is 10.6 Å². The van der Waals surface area contributed by atoms with E-state index in [9.17, 15) is 9.59 Å². The van der Waals surface area contributed by atoms with Gasteiger partial charge in [-0.15, -0.1) is 0 Å². The van der Waals surface area contributed by atoms with Crippen molar-refractivity contribution in [3.05, 3.63) is 0 Å². The summed E-state index contributed by atoms with van der Waals surface area (Å²) in [5.41, 5.74) is 0. The zero-order chi connectivity index (χ0) is 13.0. The fraction of sp³-hybridized carbons (Fsp3) is 0.846. The van der Waals surface area contributed by atoms with Crippen molar-refractivity contribution in [3.8, 4) is 0 Å². The van der Waals surface area contributed by atoms with Gasteiger partial charge in [0.15, 0.2) is 0 Å². The molecule has 18 heavy (non-hydrogen) atoms. The summed E-state index contributed by atoms with van der Waals surface area (Å²) < 4.78 is 0. The van der Waals surface area contributed by atoms with Gasteiger partial charge in [0, 0.05) is 31.5 Å². The maximum atomic E-state index is 12.0. The van der Waals surface area contributed by atoms with Gasteiger partial charge in [-0.2, -0.15) is 0 Å². The first-order valence-corrected chi connectivity index (χ1v) is 6.95. The van der Waals surface area contributed by atoms with E-state index in [0.717, 1.165) is 38.9 Å². The van der Waals surface area contributed by atoms with E-state index in [0.29, 0.717) is 13.0 Å². The van der Waals surface area contributed by atoms with Crippen LogP contribution >= 0.6 is 0 Å². The molecule has 102 valence electrons. The highest BCUT2D eigenvalue weighted by atomic mass is 16.2. The van der Waals surface area contributed by atoms with Gasteiger partial charge in [-0.05, 0) is 39.3 Å². The Morgan fingerprint density at radius 3 is 2.83 bits per heavy atom. The number of likely N-dealkylation sites (tertiary alicyclic amines) is 1. The van der Waals surface area contributed by atoms with Crippen molar-refractivity contribution in [2.45, 2.75) is 38.6 Å². The van der Waals surface area contributed by atoms with E-state index in [-0.39, 0.29) is 23.8 Å². The Morgan fingerprint density at radius 2 is 2.22 bits per heavy atom. The van der Waals surface area contributed by atoms with Crippen LogP contribution in [0.3, 0.4) is 0 Å². The van der Waals surface area contributed by atoms with Crippen molar-refractivity contribution in [3.63, 3.8) is 0 Å². The van der Waals surface area contributed by atoms with Gasteiger partial charge < -0.3 is 15.5 Å². The quantitative estimate of drug-likeness (QED) is 0.748. The summed E-state index contributed by atoms with van der Waals surface area (Å²) >= 11 is 0. The molecule has 5 heteroatoms. The number of nitrogens with one attached hydrogen (secondary N) is 2. The molecule has 2 rings (SSSR count). The van der Waals surface area contributed by atoms with Gasteiger partial charge in [0.05, 0.1) is 0 Å². The van der Waals surface area contributed by atoms with Crippen molar-refractivity contribution in [1.29, 1.82) is 0 Å². The number of hydrogen-bond acceptors (Lipinski definition) is 3. The first kappa shape index (κ1) is 13.3. The lowest BCUT2D eigenvalue weighted by Gasteiger charge is -2.26. The number of hydrogen-bond donors (Lipinski definition) is 2. The molecule has 0 bridgehead atoms. The third kappa shape index (κ3) is 3.45. The van der Waals surface area contributed by atoms with Crippen LogP contribution in [0.4, 0.5) is 0 Å². The number of carbonyl (C=O) groups is 2. The van der Waals surface area contributed by atoms with E-state index in [1.54, 1.807) is 0 Å². The topological polar surface area (TPSA) is 61.4 Å². The van der Waals surface area contributed by atoms with Gasteiger partial charge in [-0.1, -0.05) is 0 Å². The Labute approximate surface area is 108 Å². The monoisotopic (exact) mass is 253 g/mol. The second-order valence-electron chi connectivity index (χ2n) is 5.38. The molecule has 2 aliphatic rings. The number of carbonyl (C=O) groups excluding carboxylic acids is 2. The first-order chi connectivity index (χ1) is 8.66. The second-order valence-corrected chi connectivity index (χ2v) is 5.38. The molecule has 2 fully saturated rings. The van der Waals surface area contributed by atoms with Gasteiger partial charge in [0.2, 0.25) is 11.8 Å². The maximum absolute atomic E-state index is 12.0. The van der Waals surface area contributed by atoms with Gasteiger partial charge in [0.25, 0.3) is 0 Å². The number of piperidine rings is 1. The van der Waals surface area contributed by atoms with Crippen LogP contribution in [0.15, 0.2) is 0 Å². The lowest BCUT2D eigenvalue weighted by atomic mass is 9.97. The molecule has 2 aliphatic heterocycles. The van der Waals surface area contributed by atoms with Crippen LogP contribution in [0.2, 0.25) is 0 Å². The summed E-state index contributed by atoms with van der Waals surface area (Å²) in [5, 5.41) is 6.29. The maximum Gasteiger partial charge on any atom is 0.223 e. The van der Waals surface area contributed by atoms with Crippen molar-refractivity contribution in [2.75, 3.05) is 26.2 Å². The van der Waals surface area contributed by atoms with Crippen LogP contribution in [-0.4, -0.2) is 48.9 Å². The zero-order valence-electron chi connectivity index (χ0n) is 11.1. The van der Waals surface area contributed by atoms with Crippen LogP contribution in [-0.2, 0) is 9.59 Å². The molecule has 0 aromatic carbocycles. The lowest BCUT2D eigenvalue weighted by molar-refractivity contribution is -0.130. The first-order valence-electron chi connectivity index (χ1n) is 6.95. The van der Waals surface area contributed by atoms with Crippen molar-refractivity contribution < 1.29 is 9.59 Å². The minimum absolute atomic E-state index is 0.0504. The summed E-state index contributed by atoms with van der Waals surface area (Å²) in [5.74, 6) is 0.511. The van der Waals surface area contributed by atoms with Gasteiger partial charge >= 0.3 is 0 Å². The predicted octanol–water partition coefficient (Wildman–Crippen LogP) is 0.113. The molecule has 1 atom stereocenters. The Kier molecular flexibility index (Phi) is 4.58. The molecular formula is C13H23N3O2. The fourth-order valence-electron chi connectivity index (χ4n) is 2.72. The Bertz CT molecular complexity index is 313. The van der Waals surface area contributed by atoms with Gasteiger partial charge in [-0.3, -0.25) is 9.59 Å². The SMILES string of the molecule is CC(CN1CCCC1=O)NC(=O)C1CCNCC1. The van der Waals surface area contributed by atoms with E-state index in [1.807, 2.05) is 11.8 Å².